The second-order valence-corrected chi connectivity index (χ2v) is 7.65. The molecule has 24 heavy (non-hydrogen) atoms. The molecule has 2 aliphatic heterocycles. The summed E-state index contributed by atoms with van der Waals surface area (Å²) in [4.78, 5) is 14.3. The third-order valence-corrected chi connectivity index (χ3v) is 4.47. The molecule has 0 radical (unpaired) electrons. The number of rotatable bonds is 2. The molecule has 1 N–H and O–H groups in total. The molecule has 0 bridgehead atoms. The van der Waals surface area contributed by atoms with Crippen molar-refractivity contribution in [3.8, 4) is 5.75 Å². The third-order valence-electron chi connectivity index (χ3n) is 4.47. The van der Waals surface area contributed by atoms with Gasteiger partial charge in [-0.05, 0) is 70.2 Å². The maximum atomic E-state index is 11.9. The molecule has 3 rings (SSSR count). The van der Waals surface area contributed by atoms with E-state index >= 15 is 0 Å². The van der Waals surface area contributed by atoms with Crippen LogP contribution in [-0.4, -0.2) is 37.4 Å². The fourth-order valence-corrected chi connectivity index (χ4v) is 3.30. The Kier molecular flexibility index (Phi) is 4.88. The van der Waals surface area contributed by atoms with Gasteiger partial charge >= 0.3 is 6.09 Å². The minimum Gasteiger partial charge on any atom is -0.493 e. The molecule has 1 amide bonds. The molecular weight excluding hydrogens is 304 g/mol. The number of fused-ring (bicyclic) bond motifs is 1. The Balaban J connectivity index is 1.53. The van der Waals surface area contributed by atoms with Crippen molar-refractivity contribution in [1.29, 1.82) is 0 Å². The largest absolute Gasteiger partial charge is 0.493 e. The average Bonchev–Trinajstić information content (AvgIpc) is 2.53. The summed E-state index contributed by atoms with van der Waals surface area (Å²) < 4.78 is 11.0. The third kappa shape index (κ3) is 4.34. The van der Waals surface area contributed by atoms with E-state index < -0.39 is 5.60 Å². The molecule has 0 aromatic heterocycles. The number of nitrogens with zero attached hydrogens (tertiary/aromatic N) is 1. The fraction of sp³-hybridized carbons (Fsp3) is 0.632. The number of piperidine rings is 1. The van der Waals surface area contributed by atoms with Crippen LogP contribution in [0.1, 0.15) is 45.6 Å². The van der Waals surface area contributed by atoms with Crippen molar-refractivity contribution in [2.75, 3.05) is 24.6 Å². The Labute approximate surface area is 144 Å². The van der Waals surface area contributed by atoms with Crippen LogP contribution in [0.2, 0.25) is 0 Å². The van der Waals surface area contributed by atoms with Gasteiger partial charge in [0.05, 0.1) is 6.61 Å². The molecule has 5 heteroatoms. The van der Waals surface area contributed by atoms with Gasteiger partial charge < -0.3 is 19.7 Å². The van der Waals surface area contributed by atoms with Crippen LogP contribution < -0.4 is 15.0 Å². The summed E-state index contributed by atoms with van der Waals surface area (Å²) in [6.45, 7) is 8.37. The SMILES string of the molecule is CC(C)(C)OC(=O)NC1CCN(c2ccc3c(c2)CCCO3)CC1. The zero-order valence-corrected chi connectivity index (χ0v) is 14.9. The van der Waals surface area contributed by atoms with E-state index in [0.29, 0.717) is 0 Å². The van der Waals surface area contributed by atoms with E-state index in [0.717, 1.165) is 51.1 Å². The molecular formula is C19H28N2O3. The lowest BCUT2D eigenvalue weighted by atomic mass is 10.0. The molecule has 2 heterocycles. The maximum absolute atomic E-state index is 11.9. The molecule has 0 unspecified atom stereocenters. The zero-order chi connectivity index (χ0) is 17.2. The Hall–Kier alpha value is -1.91. The van der Waals surface area contributed by atoms with E-state index in [1.807, 2.05) is 20.8 Å². The Morgan fingerprint density at radius 1 is 1.29 bits per heavy atom. The average molecular weight is 332 g/mol. The molecule has 0 spiro atoms. The number of aryl methyl sites for hydroxylation is 1. The van der Waals surface area contributed by atoms with Gasteiger partial charge in [-0.15, -0.1) is 0 Å². The van der Waals surface area contributed by atoms with E-state index in [4.69, 9.17) is 9.47 Å². The van der Waals surface area contributed by atoms with E-state index in [-0.39, 0.29) is 12.1 Å². The van der Waals surface area contributed by atoms with Gasteiger partial charge in [-0.2, -0.15) is 0 Å². The maximum Gasteiger partial charge on any atom is 0.407 e. The molecule has 132 valence electrons. The van der Waals surface area contributed by atoms with E-state index in [1.54, 1.807) is 0 Å². The fourth-order valence-electron chi connectivity index (χ4n) is 3.30. The van der Waals surface area contributed by atoms with Gasteiger partial charge in [0.15, 0.2) is 0 Å². The molecule has 1 aromatic rings. The molecule has 1 saturated heterocycles. The first kappa shape index (κ1) is 16.9. The van der Waals surface area contributed by atoms with Crippen LogP contribution in [-0.2, 0) is 11.2 Å². The Morgan fingerprint density at radius 3 is 2.75 bits per heavy atom. The van der Waals surface area contributed by atoms with Crippen LogP contribution in [0.5, 0.6) is 5.75 Å². The number of nitrogens with one attached hydrogen (secondary N) is 1. The minimum absolute atomic E-state index is 0.192. The number of anilines is 1. The van der Waals surface area contributed by atoms with Crippen molar-refractivity contribution >= 4 is 11.8 Å². The van der Waals surface area contributed by atoms with Gasteiger partial charge in [-0.3, -0.25) is 0 Å². The molecule has 0 atom stereocenters. The van der Waals surface area contributed by atoms with E-state index in [2.05, 4.69) is 28.4 Å². The summed E-state index contributed by atoms with van der Waals surface area (Å²) >= 11 is 0. The van der Waals surface area contributed by atoms with Crippen LogP contribution in [0.25, 0.3) is 0 Å². The number of carbonyl (C=O) groups excluding carboxylic acids is 1. The minimum atomic E-state index is -0.448. The predicted molar refractivity (Wildman–Crippen MR) is 94.9 cm³/mol. The lowest BCUT2D eigenvalue weighted by Crippen LogP contribution is -2.46. The van der Waals surface area contributed by atoms with Gasteiger partial charge in [0.1, 0.15) is 11.4 Å². The number of ether oxygens (including phenoxy) is 2. The number of alkyl carbamates (subject to hydrolysis) is 1. The monoisotopic (exact) mass is 332 g/mol. The van der Waals surface area contributed by atoms with E-state index in [1.165, 1.54) is 11.3 Å². The zero-order valence-electron chi connectivity index (χ0n) is 14.9. The van der Waals surface area contributed by atoms with E-state index in [9.17, 15) is 4.79 Å². The summed E-state index contributed by atoms with van der Waals surface area (Å²) in [5.74, 6) is 1.03. The highest BCUT2D eigenvalue weighted by atomic mass is 16.6. The summed E-state index contributed by atoms with van der Waals surface area (Å²) in [5.41, 5.74) is 2.12. The number of amides is 1. The topological polar surface area (TPSA) is 50.8 Å². The van der Waals surface area contributed by atoms with Crippen LogP contribution >= 0.6 is 0 Å². The second-order valence-electron chi connectivity index (χ2n) is 7.65. The van der Waals surface area contributed by atoms with Crippen molar-refractivity contribution in [3.63, 3.8) is 0 Å². The Morgan fingerprint density at radius 2 is 2.04 bits per heavy atom. The normalized spacial score (nSPS) is 18.5. The highest BCUT2D eigenvalue weighted by Crippen LogP contribution is 2.30. The highest BCUT2D eigenvalue weighted by Gasteiger charge is 2.24. The quantitative estimate of drug-likeness (QED) is 0.900. The first-order valence-corrected chi connectivity index (χ1v) is 8.91. The number of hydrogen-bond acceptors (Lipinski definition) is 4. The van der Waals surface area contributed by atoms with Gasteiger partial charge in [-0.1, -0.05) is 0 Å². The van der Waals surface area contributed by atoms with Crippen molar-refractivity contribution < 1.29 is 14.3 Å². The summed E-state index contributed by atoms with van der Waals surface area (Å²) in [6, 6.07) is 6.69. The van der Waals surface area contributed by atoms with Gasteiger partial charge in [0.2, 0.25) is 0 Å². The standard InChI is InChI=1S/C19H28N2O3/c1-19(2,3)24-18(22)20-15-8-10-21(11-9-15)16-6-7-17-14(13-16)5-4-12-23-17/h6-7,13,15H,4-5,8-12H2,1-3H3,(H,20,22). The molecule has 1 fully saturated rings. The van der Waals surface area contributed by atoms with Gasteiger partial charge in [0, 0.05) is 24.8 Å². The van der Waals surface area contributed by atoms with Crippen LogP contribution in [0.4, 0.5) is 10.5 Å². The highest BCUT2D eigenvalue weighted by molar-refractivity contribution is 5.68. The lowest BCUT2D eigenvalue weighted by molar-refractivity contribution is 0.0497. The summed E-state index contributed by atoms with van der Waals surface area (Å²) in [6.07, 6.45) is 3.75. The number of carbonyl (C=O) groups is 1. The molecule has 0 saturated carbocycles. The van der Waals surface area contributed by atoms with Crippen LogP contribution in [0, 0.1) is 0 Å². The molecule has 1 aromatic carbocycles. The summed E-state index contributed by atoms with van der Waals surface area (Å²) in [7, 11) is 0. The smallest absolute Gasteiger partial charge is 0.407 e. The molecule has 0 aliphatic carbocycles. The van der Waals surface area contributed by atoms with Crippen molar-refractivity contribution in [3.05, 3.63) is 23.8 Å². The van der Waals surface area contributed by atoms with Gasteiger partial charge in [-0.25, -0.2) is 4.79 Å². The summed E-state index contributed by atoms with van der Waals surface area (Å²) in [5, 5.41) is 2.99. The van der Waals surface area contributed by atoms with Crippen LogP contribution in [0.15, 0.2) is 18.2 Å². The van der Waals surface area contributed by atoms with Crippen molar-refractivity contribution in [1.82, 2.24) is 5.32 Å². The second kappa shape index (κ2) is 6.91. The Bertz CT molecular complexity index is 587. The molecule has 5 nitrogen and oxygen atoms in total. The number of hydrogen-bond donors (Lipinski definition) is 1. The number of benzene rings is 1. The van der Waals surface area contributed by atoms with Crippen LogP contribution in [0.3, 0.4) is 0 Å². The molecule has 2 aliphatic rings. The first-order chi connectivity index (χ1) is 11.4. The van der Waals surface area contributed by atoms with Gasteiger partial charge in [0.25, 0.3) is 0 Å². The predicted octanol–water partition coefficient (Wildman–Crippen LogP) is 3.51. The van der Waals surface area contributed by atoms with Crippen molar-refractivity contribution in [2.45, 2.75) is 58.1 Å². The lowest BCUT2D eigenvalue weighted by Gasteiger charge is -2.34. The van der Waals surface area contributed by atoms with Crippen molar-refractivity contribution in [2.24, 2.45) is 0 Å². The first-order valence-electron chi connectivity index (χ1n) is 8.91.